The van der Waals surface area contributed by atoms with Crippen molar-refractivity contribution >= 4 is 23.2 Å². The van der Waals surface area contributed by atoms with Crippen molar-refractivity contribution in [1.82, 2.24) is 0 Å². The molecule has 0 aliphatic carbocycles. The molecule has 17 heavy (non-hydrogen) atoms. The first-order valence-corrected chi connectivity index (χ1v) is 6.00. The zero-order valence-electron chi connectivity index (χ0n) is 9.74. The van der Waals surface area contributed by atoms with E-state index < -0.39 is 11.3 Å². The molecule has 0 amide bonds. The number of alkyl halides is 2. The number of hydrogen-bond donors (Lipinski definition) is 0. The van der Waals surface area contributed by atoms with E-state index in [1.54, 1.807) is 6.92 Å². The average molecular weight is 279 g/mol. The van der Waals surface area contributed by atoms with Crippen molar-refractivity contribution in [3.05, 3.63) is 46.5 Å². The van der Waals surface area contributed by atoms with Crippen LogP contribution in [0.1, 0.15) is 25.8 Å². The lowest BCUT2D eigenvalue weighted by molar-refractivity contribution is -0.0267. The largest absolute Gasteiger partial charge is 0.275 e. The molecule has 0 saturated heterocycles. The van der Waals surface area contributed by atoms with Gasteiger partial charge in [-0.1, -0.05) is 36.7 Å². The summed E-state index contributed by atoms with van der Waals surface area (Å²) in [5.41, 5.74) is -0.939. The Balaban J connectivity index is 3.39. The third kappa shape index (κ3) is 2.63. The smallest absolute Gasteiger partial charge is 0.201 e. The zero-order chi connectivity index (χ0) is 13.3. The summed E-state index contributed by atoms with van der Waals surface area (Å²) >= 11 is 11.7. The molecule has 0 aliphatic heterocycles. The molecule has 0 radical (unpaired) electrons. The molecule has 0 fully saturated rings. The van der Waals surface area contributed by atoms with E-state index in [0.29, 0.717) is 21.7 Å². The van der Waals surface area contributed by atoms with Gasteiger partial charge >= 0.3 is 0 Å². The van der Waals surface area contributed by atoms with Crippen LogP contribution >= 0.6 is 23.2 Å². The number of allylic oxidation sites excluding steroid dienone is 1. The van der Waals surface area contributed by atoms with E-state index >= 15 is 0 Å². The highest BCUT2D eigenvalue weighted by Gasteiger charge is 2.47. The molecular formula is C13H14Cl2F2. The summed E-state index contributed by atoms with van der Waals surface area (Å²) in [6, 6.07) is 4.57. The van der Waals surface area contributed by atoms with E-state index in [1.807, 2.05) is 0 Å². The van der Waals surface area contributed by atoms with Crippen molar-refractivity contribution < 1.29 is 8.78 Å². The van der Waals surface area contributed by atoms with Crippen LogP contribution in [0.3, 0.4) is 0 Å². The van der Waals surface area contributed by atoms with E-state index in [9.17, 15) is 8.78 Å². The first-order chi connectivity index (χ1) is 7.76. The number of rotatable bonds is 4. The van der Waals surface area contributed by atoms with Crippen LogP contribution in [0.25, 0.3) is 0 Å². The van der Waals surface area contributed by atoms with Gasteiger partial charge in [0.15, 0.2) is 0 Å². The molecule has 4 heteroatoms. The maximum atomic E-state index is 13.9. The number of benzene rings is 1. The fourth-order valence-corrected chi connectivity index (χ4v) is 2.26. The van der Waals surface area contributed by atoms with Gasteiger partial charge in [0.2, 0.25) is 0 Å². The quantitative estimate of drug-likeness (QED) is 0.640. The van der Waals surface area contributed by atoms with Gasteiger partial charge in [-0.3, -0.25) is 0 Å². The molecular weight excluding hydrogens is 265 g/mol. The summed E-state index contributed by atoms with van der Waals surface area (Å²) in [5.74, 6) is -3.02. The van der Waals surface area contributed by atoms with E-state index in [1.165, 1.54) is 25.1 Å². The van der Waals surface area contributed by atoms with Crippen molar-refractivity contribution in [2.24, 2.45) is 0 Å². The molecule has 0 N–H and O–H groups in total. The molecule has 1 aromatic carbocycles. The summed E-state index contributed by atoms with van der Waals surface area (Å²) in [4.78, 5) is 0. The zero-order valence-corrected chi connectivity index (χ0v) is 11.2. The van der Waals surface area contributed by atoms with Crippen molar-refractivity contribution in [2.75, 3.05) is 0 Å². The van der Waals surface area contributed by atoms with Crippen molar-refractivity contribution in [3.63, 3.8) is 0 Å². The van der Waals surface area contributed by atoms with Gasteiger partial charge in [0, 0.05) is 10.0 Å². The first kappa shape index (κ1) is 14.5. The van der Waals surface area contributed by atoms with E-state index in [4.69, 9.17) is 23.2 Å². The fourth-order valence-electron chi connectivity index (χ4n) is 1.73. The molecule has 1 unspecified atom stereocenters. The van der Waals surface area contributed by atoms with Crippen LogP contribution in [0, 0.1) is 0 Å². The third-order valence-corrected chi connectivity index (χ3v) is 3.64. The molecule has 0 spiro atoms. The third-order valence-electron chi connectivity index (χ3n) is 3.20. The second kappa shape index (κ2) is 4.95. The highest BCUT2D eigenvalue weighted by molar-refractivity contribution is 6.34. The Morgan fingerprint density at radius 3 is 2.06 bits per heavy atom. The predicted molar refractivity (Wildman–Crippen MR) is 69.2 cm³/mol. The van der Waals surface area contributed by atoms with Crippen LogP contribution in [0.2, 0.25) is 10.0 Å². The Morgan fingerprint density at radius 2 is 1.71 bits per heavy atom. The summed E-state index contributed by atoms with van der Waals surface area (Å²) in [7, 11) is 0. The summed E-state index contributed by atoms with van der Waals surface area (Å²) in [6.45, 7) is 6.38. The van der Waals surface area contributed by atoms with Crippen LogP contribution in [-0.2, 0) is 5.41 Å². The Morgan fingerprint density at radius 1 is 1.24 bits per heavy atom. The molecule has 1 aromatic rings. The van der Waals surface area contributed by atoms with E-state index in [2.05, 4.69) is 6.58 Å². The molecule has 0 aliphatic rings. The van der Waals surface area contributed by atoms with Gasteiger partial charge in [0.1, 0.15) is 0 Å². The van der Waals surface area contributed by atoms with Crippen LogP contribution in [-0.4, -0.2) is 5.92 Å². The van der Waals surface area contributed by atoms with Gasteiger partial charge in [-0.25, -0.2) is 8.78 Å². The van der Waals surface area contributed by atoms with Crippen LogP contribution in [0.15, 0.2) is 30.9 Å². The lowest BCUT2D eigenvalue weighted by Crippen LogP contribution is -2.40. The molecule has 0 bridgehead atoms. The summed E-state index contributed by atoms with van der Waals surface area (Å²) in [5, 5.41) is 0.707. The SMILES string of the molecule is C=CC(F)(F)C(C)(CC)c1cc(Cl)cc(Cl)c1. The Hall–Kier alpha value is -0.600. The van der Waals surface area contributed by atoms with Crippen molar-refractivity contribution in [2.45, 2.75) is 31.6 Å². The minimum absolute atomic E-state index is 0.253. The lowest BCUT2D eigenvalue weighted by Gasteiger charge is -2.35. The molecule has 0 heterocycles. The molecule has 0 saturated carbocycles. The maximum absolute atomic E-state index is 13.9. The van der Waals surface area contributed by atoms with Gasteiger partial charge in [-0.05, 0) is 43.2 Å². The Bertz CT molecular complexity index is 409. The second-order valence-corrected chi connectivity index (χ2v) is 5.04. The van der Waals surface area contributed by atoms with Gasteiger partial charge in [0.25, 0.3) is 5.92 Å². The minimum Gasteiger partial charge on any atom is -0.201 e. The van der Waals surface area contributed by atoms with Crippen LogP contribution in [0.5, 0.6) is 0 Å². The second-order valence-electron chi connectivity index (χ2n) is 4.17. The van der Waals surface area contributed by atoms with Gasteiger partial charge < -0.3 is 0 Å². The Labute approximate surface area is 110 Å². The summed E-state index contributed by atoms with van der Waals surface area (Å²) < 4.78 is 27.9. The van der Waals surface area contributed by atoms with E-state index in [-0.39, 0.29) is 6.42 Å². The van der Waals surface area contributed by atoms with Gasteiger partial charge in [0.05, 0.1) is 5.41 Å². The monoisotopic (exact) mass is 278 g/mol. The van der Waals surface area contributed by atoms with Gasteiger partial charge in [-0.2, -0.15) is 0 Å². The highest BCUT2D eigenvalue weighted by atomic mass is 35.5. The molecule has 94 valence electrons. The number of halogens is 4. The molecule has 1 atom stereocenters. The lowest BCUT2D eigenvalue weighted by atomic mass is 9.74. The first-order valence-electron chi connectivity index (χ1n) is 5.25. The minimum atomic E-state index is -3.02. The normalized spacial score (nSPS) is 15.4. The van der Waals surface area contributed by atoms with Gasteiger partial charge in [-0.15, -0.1) is 0 Å². The topological polar surface area (TPSA) is 0 Å². The number of hydrogen-bond acceptors (Lipinski definition) is 0. The predicted octanol–water partition coefficient (Wildman–Crippen LogP) is 5.48. The fraction of sp³-hybridized carbons (Fsp3) is 0.385. The highest BCUT2D eigenvalue weighted by Crippen LogP contribution is 2.44. The summed E-state index contributed by atoms with van der Waals surface area (Å²) in [6.07, 6.45) is 0.925. The van der Waals surface area contributed by atoms with Crippen molar-refractivity contribution in [3.8, 4) is 0 Å². The average Bonchev–Trinajstić information content (AvgIpc) is 2.26. The standard InChI is InChI=1S/C13H14Cl2F2/c1-4-12(3,13(16,17)5-2)9-6-10(14)8-11(15)7-9/h5-8H,2,4H2,1,3H3. The van der Waals surface area contributed by atoms with Crippen molar-refractivity contribution in [1.29, 1.82) is 0 Å². The molecule has 0 nitrogen and oxygen atoms in total. The Kier molecular flexibility index (Phi) is 4.21. The molecule has 0 aromatic heterocycles. The van der Waals surface area contributed by atoms with Crippen LogP contribution in [0.4, 0.5) is 8.78 Å². The molecule has 1 rings (SSSR count). The maximum Gasteiger partial charge on any atom is 0.275 e. The van der Waals surface area contributed by atoms with E-state index in [0.717, 1.165) is 0 Å². The van der Waals surface area contributed by atoms with Crippen LogP contribution < -0.4 is 0 Å².